The molecule has 0 atom stereocenters. The van der Waals surface area contributed by atoms with Gasteiger partial charge in [-0.25, -0.2) is 4.98 Å². The van der Waals surface area contributed by atoms with Gasteiger partial charge in [0.2, 0.25) is 11.8 Å². The molecule has 0 spiro atoms. The van der Waals surface area contributed by atoms with E-state index < -0.39 is 5.91 Å². The van der Waals surface area contributed by atoms with Crippen LogP contribution in [0.15, 0.2) is 11.4 Å². The number of anilines is 1. The lowest BCUT2D eigenvalue weighted by Gasteiger charge is -2.04. The van der Waals surface area contributed by atoms with Gasteiger partial charge in [0.15, 0.2) is 5.69 Å². The molecule has 0 radical (unpaired) electrons. The zero-order chi connectivity index (χ0) is 12.3. The Bertz CT molecular complexity index is 533. The van der Waals surface area contributed by atoms with E-state index in [9.17, 15) is 4.79 Å². The van der Waals surface area contributed by atoms with E-state index in [0.717, 1.165) is 11.5 Å². The summed E-state index contributed by atoms with van der Waals surface area (Å²) in [7, 11) is 1.44. The average Bonchev–Trinajstić information content (AvgIpc) is 2.81. The maximum atomic E-state index is 11.6. The Hall–Kier alpha value is -1.80. The molecule has 9 heteroatoms. The Labute approximate surface area is 105 Å². The predicted molar refractivity (Wildman–Crippen MR) is 61.5 cm³/mol. The smallest absolute Gasteiger partial charge is 0.279 e. The van der Waals surface area contributed by atoms with Crippen LogP contribution in [0.25, 0.3) is 0 Å². The Morgan fingerprint density at radius 3 is 3.00 bits per heavy atom. The number of aromatic nitrogens is 4. The Morgan fingerprint density at radius 1 is 1.53 bits per heavy atom. The zero-order valence-corrected chi connectivity index (χ0v) is 10.1. The predicted octanol–water partition coefficient (Wildman–Crippen LogP) is 1.24. The van der Waals surface area contributed by atoms with Crippen LogP contribution in [0, 0.1) is 0 Å². The van der Waals surface area contributed by atoms with E-state index in [2.05, 4.69) is 24.9 Å². The van der Waals surface area contributed by atoms with E-state index >= 15 is 0 Å². The molecule has 0 aromatic carbocycles. The highest BCUT2D eigenvalue weighted by Crippen LogP contribution is 2.16. The fourth-order valence-corrected chi connectivity index (χ4v) is 1.60. The summed E-state index contributed by atoms with van der Waals surface area (Å²) in [5.74, 6) is -0.146. The molecule has 0 saturated carbocycles. The average molecular weight is 272 g/mol. The lowest BCUT2D eigenvalue weighted by Crippen LogP contribution is -2.15. The molecule has 2 rings (SSSR count). The normalized spacial score (nSPS) is 10.0. The monoisotopic (exact) mass is 271 g/mol. The maximum absolute atomic E-state index is 11.6. The van der Waals surface area contributed by atoms with Gasteiger partial charge in [-0.3, -0.25) is 10.1 Å². The van der Waals surface area contributed by atoms with E-state index in [1.54, 1.807) is 0 Å². The van der Waals surface area contributed by atoms with Gasteiger partial charge in [-0.1, -0.05) is 16.1 Å². The number of carbonyl (C=O) groups excluding carboxylic acids is 1. The second-order valence-electron chi connectivity index (χ2n) is 2.80. The minimum atomic E-state index is -0.455. The number of halogens is 1. The van der Waals surface area contributed by atoms with Crippen LogP contribution in [0.4, 0.5) is 5.95 Å². The Kier molecular flexibility index (Phi) is 3.45. The van der Waals surface area contributed by atoms with E-state index in [1.807, 2.05) is 0 Å². The summed E-state index contributed by atoms with van der Waals surface area (Å²) in [6.07, 6.45) is 0. The minimum Gasteiger partial charge on any atom is -0.481 e. The topological polar surface area (TPSA) is 89.9 Å². The van der Waals surface area contributed by atoms with Gasteiger partial charge >= 0.3 is 0 Å². The van der Waals surface area contributed by atoms with Gasteiger partial charge in [0.05, 0.1) is 7.11 Å². The number of ether oxygens (including phenoxy) is 1. The molecular weight excluding hydrogens is 266 g/mol. The first-order chi connectivity index (χ1) is 8.19. The van der Waals surface area contributed by atoms with Crippen molar-refractivity contribution in [3.05, 3.63) is 22.3 Å². The number of methoxy groups -OCH3 is 1. The van der Waals surface area contributed by atoms with Crippen molar-refractivity contribution in [2.45, 2.75) is 0 Å². The molecule has 2 aromatic rings. The first kappa shape index (κ1) is 11.7. The fraction of sp³-hybridized carbons (Fsp3) is 0.125. The lowest BCUT2D eigenvalue weighted by atomic mass is 10.5. The summed E-state index contributed by atoms with van der Waals surface area (Å²) < 4.78 is 8.47. The number of rotatable bonds is 3. The maximum Gasteiger partial charge on any atom is 0.279 e. The van der Waals surface area contributed by atoms with Crippen LogP contribution in [-0.4, -0.2) is 32.6 Å². The number of nitrogens with one attached hydrogen (secondary N) is 1. The van der Waals surface area contributed by atoms with Gasteiger partial charge in [-0.2, -0.15) is 4.98 Å². The van der Waals surface area contributed by atoms with Crippen molar-refractivity contribution in [2.24, 2.45) is 0 Å². The van der Waals surface area contributed by atoms with Crippen LogP contribution in [0.2, 0.25) is 5.15 Å². The first-order valence-electron chi connectivity index (χ1n) is 4.36. The van der Waals surface area contributed by atoms with Crippen molar-refractivity contribution in [3.8, 4) is 5.88 Å². The largest absolute Gasteiger partial charge is 0.481 e. The van der Waals surface area contributed by atoms with Crippen LogP contribution in [0.5, 0.6) is 5.88 Å². The highest BCUT2D eigenvalue weighted by atomic mass is 35.5. The standard InChI is InChI=1S/C8H6ClN5O2S/c1-16-6-2-5(9)10-8(11-6)12-7(15)4-3-17-14-13-4/h2-3H,1H3,(H,10,11,12,15). The zero-order valence-electron chi connectivity index (χ0n) is 8.55. The van der Waals surface area contributed by atoms with Gasteiger partial charge in [0.25, 0.3) is 5.91 Å². The van der Waals surface area contributed by atoms with Crippen molar-refractivity contribution in [2.75, 3.05) is 12.4 Å². The molecule has 88 valence electrons. The summed E-state index contributed by atoms with van der Waals surface area (Å²) in [5, 5.41) is 7.73. The summed E-state index contributed by atoms with van der Waals surface area (Å²) in [5.41, 5.74) is 0.192. The molecular formula is C8H6ClN5O2S. The second kappa shape index (κ2) is 5.02. The van der Waals surface area contributed by atoms with E-state index in [0.29, 0.717) is 0 Å². The third-order valence-corrected chi connectivity index (χ3v) is 2.40. The van der Waals surface area contributed by atoms with Crippen LogP contribution in [-0.2, 0) is 0 Å². The number of nitrogens with zero attached hydrogens (tertiary/aromatic N) is 4. The van der Waals surface area contributed by atoms with Crippen LogP contribution >= 0.6 is 23.1 Å². The molecule has 0 fully saturated rings. The molecule has 0 saturated heterocycles. The van der Waals surface area contributed by atoms with Crippen molar-refractivity contribution in [1.82, 2.24) is 19.6 Å². The molecule has 7 nitrogen and oxygen atoms in total. The molecule has 1 amide bonds. The summed E-state index contributed by atoms with van der Waals surface area (Å²) in [4.78, 5) is 19.4. The van der Waals surface area contributed by atoms with Gasteiger partial charge in [0.1, 0.15) is 5.15 Å². The second-order valence-corrected chi connectivity index (χ2v) is 3.80. The first-order valence-corrected chi connectivity index (χ1v) is 5.57. The molecule has 0 aliphatic carbocycles. The highest BCUT2D eigenvalue weighted by Gasteiger charge is 2.12. The van der Waals surface area contributed by atoms with Crippen molar-refractivity contribution in [1.29, 1.82) is 0 Å². The Balaban J connectivity index is 2.18. The molecule has 0 bridgehead atoms. The van der Waals surface area contributed by atoms with Crippen molar-refractivity contribution < 1.29 is 9.53 Å². The summed E-state index contributed by atoms with van der Waals surface area (Å²) in [6.45, 7) is 0. The van der Waals surface area contributed by atoms with Crippen molar-refractivity contribution in [3.63, 3.8) is 0 Å². The highest BCUT2D eigenvalue weighted by molar-refractivity contribution is 7.03. The minimum absolute atomic E-state index is 0.0485. The van der Waals surface area contributed by atoms with E-state index in [4.69, 9.17) is 16.3 Å². The van der Waals surface area contributed by atoms with E-state index in [1.165, 1.54) is 18.6 Å². The van der Waals surface area contributed by atoms with Crippen molar-refractivity contribution >= 4 is 35.0 Å². The van der Waals surface area contributed by atoms with Crippen LogP contribution in [0.3, 0.4) is 0 Å². The van der Waals surface area contributed by atoms with Crippen LogP contribution < -0.4 is 10.1 Å². The third kappa shape index (κ3) is 2.86. The van der Waals surface area contributed by atoms with Gasteiger partial charge in [-0.15, -0.1) is 5.10 Å². The van der Waals surface area contributed by atoms with Crippen LogP contribution in [0.1, 0.15) is 10.5 Å². The lowest BCUT2D eigenvalue weighted by molar-refractivity contribution is 0.102. The molecule has 0 unspecified atom stereocenters. The third-order valence-electron chi connectivity index (χ3n) is 1.70. The SMILES string of the molecule is COc1cc(Cl)nc(NC(=O)c2csnn2)n1. The molecule has 0 aliphatic heterocycles. The number of carbonyl (C=O) groups is 1. The van der Waals surface area contributed by atoms with Gasteiger partial charge in [0, 0.05) is 11.4 Å². The number of hydrogen-bond donors (Lipinski definition) is 1. The van der Waals surface area contributed by atoms with Gasteiger partial charge in [-0.05, 0) is 11.5 Å². The molecule has 17 heavy (non-hydrogen) atoms. The number of hydrogen-bond acceptors (Lipinski definition) is 7. The number of amides is 1. The quantitative estimate of drug-likeness (QED) is 0.845. The summed E-state index contributed by atoms with van der Waals surface area (Å²) in [6, 6.07) is 1.43. The summed E-state index contributed by atoms with van der Waals surface area (Å²) >= 11 is 6.80. The van der Waals surface area contributed by atoms with Gasteiger partial charge < -0.3 is 4.74 Å². The Morgan fingerprint density at radius 2 is 2.35 bits per heavy atom. The molecule has 2 aromatic heterocycles. The van der Waals surface area contributed by atoms with E-state index in [-0.39, 0.29) is 22.7 Å². The fourth-order valence-electron chi connectivity index (χ4n) is 0.987. The molecule has 1 N–H and O–H groups in total. The molecule has 2 heterocycles. The molecule has 0 aliphatic rings.